The van der Waals surface area contributed by atoms with E-state index in [0.717, 1.165) is 16.5 Å². The van der Waals surface area contributed by atoms with E-state index in [1.807, 2.05) is 6.07 Å². The van der Waals surface area contributed by atoms with Crippen LogP contribution in [0.1, 0.15) is 64.5 Å². The maximum Gasteiger partial charge on any atom is 0.328 e. The monoisotopic (exact) mass is 611 g/mol. The number of aryl methyl sites for hydroxylation is 1. The summed E-state index contributed by atoms with van der Waals surface area (Å²) in [5.74, 6) is -1.52. The SMILES string of the molecule is C=CCCC(CCNC=O)c1onc(C2=CC=C(Cl)C(F)C2Cl)c1C(=O)n1cc2c3c(cccc31)/C(=C/C(=O)O)CC2. The van der Waals surface area contributed by atoms with Crippen molar-refractivity contribution in [2.75, 3.05) is 6.54 Å². The van der Waals surface area contributed by atoms with Crippen LogP contribution in [0.4, 0.5) is 4.39 Å². The van der Waals surface area contributed by atoms with E-state index in [4.69, 9.17) is 27.7 Å². The first-order valence-electron chi connectivity index (χ1n) is 13.5. The summed E-state index contributed by atoms with van der Waals surface area (Å²) in [7, 11) is 0. The van der Waals surface area contributed by atoms with E-state index in [-0.39, 0.29) is 27.8 Å². The number of halogens is 3. The molecular weight excluding hydrogens is 584 g/mol. The second-order valence-electron chi connectivity index (χ2n) is 10.2. The third kappa shape index (κ3) is 5.46. The number of benzene rings is 1. The molecule has 42 heavy (non-hydrogen) atoms. The highest BCUT2D eigenvalue weighted by Crippen LogP contribution is 2.41. The smallest absolute Gasteiger partial charge is 0.328 e. The number of carboxylic acids is 1. The van der Waals surface area contributed by atoms with Crippen LogP contribution in [0.25, 0.3) is 22.0 Å². The molecule has 2 aliphatic rings. The lowest BCUT2D eigenvalue weighted by molar-refractivity contribution is -0.131. The predicted molar refractivity (Wildman–Crippen MR) is 159 cm³/mol. The Kier molecular flexibility index (Phi) is 8.80. The molecule has 0 aliphatic heterocycles. The van der Waals surface area contributed by atoms with Gasteiger partial charge in [-0.3, -0.25) is 14.2 Å². The van der Waals surface area contributed by atoms with Crippen LogP contribution in [0.2, 0.25) is 0 Å². The van der Waals surface area contributed by atoms with Crippen LogP contribution in [-0.2, 0) is 16.0 Å². The lowest BCUT2D eigenvalue weighted by atomic mass is 9.88. The van der Waals surface area contributed by atoms with Gasteiger partial charge in [0.1, 0.15) is 11.3 Å². The lowest BCUT2D eigenvalue weighted by Crippen LogP contribution is -2.23. The van der Waals surface area contributed by atoms with Crippen LogP contribution < -0.4 is 5.32 Å². The van der Waals surface area contributed by atoms with Gasteiger partial charge < -0.3 is 14.9 Å². The zero-order valence-corrected chi connectivity index (χ0v) is 24.0. The number of carboxylic acid groups (broad SMARTS) is 1. The first-order valence-corrected chi connectivity index (χ1v) is 14.3. The lowest BCUT2D eigenvalue weighted by Gasteiger charge is -2.21. The molecule has 2 aliphatic carbocycles. The number of nitrogens with one attached hydrogen (secondary N) is 1. The number of hydrogen-bond donors (Lipinski definition) is 2. The number of alkyl halides is 2. The molecule has 3 aromatic rings. The van der Waals surface area contributed by atoms with Crippen molar-refractivity contribution in [2.24, 2.45) is 0 Å². The van der Waals surface area contributed by atoms with Gasteiger partial charge in [0.2, 0.25) is 6.41 Å². The van der Waals surface area contributed by atoms with Gasteiger partial charge in [0.15, 0.2) is 11.9 Å². The zero-order chi connectivity index (χ0) is 30.0. The number of aliphatic carboxylic acids is 1. The summed E-state index contributed by atoms with van der Waals surface area (Å²) in [6, 6.07) is 5.42. The molecule has 2 N–H and O–H groups in total. The Balaban J connectivity index is 1.69. The summed E-state index contributed by atoms with van der Waals surface area (Å²) in [5.41, 5.74) is 3.45. The van der Waals surface area contributed by atoms with Gasteiger partial charge in [-0.1, -0.05) is 41.0 Å². The number of carbonyl (C=O) groups excluding carboxylic acids is 2. The number of hydrogen-bond acceptors (Lipinski definition) is 5. The highest BCUT2D eigenvalue weighted by Gasteiger charge is 2.37. The summed E-state index contributed by atoms with van der Waals surface area (Å²) < 4.78 is 22.3. The average molecular weight is 612 g/mol. The van der Waals surface area contributed by atoms with E-state index in [0.29, 0.717) is 61.9 Å². The molecule has 1 aromatic carbocycles. The van der Waals surface area contributed by atoms with Crippen molar-refractivity contribution < 1.29 is 28.4 Å². The van der Waals surface area contributed by atoms with Gasteiger partial charge in [-0.05, 0) is 60.9 Å². The fraction of sp³-hybridized carbons (Fsp3) is 0.290. The number of nitrogens with zero attached hydrogens (tertiary/aromatic N) is 2. The number of carbonyl (C=O) groups is 3. The molecule has 0 fully saturated rings. The summed E-state index contributed by atoms with van der Waals surface area (Å²) in [6.07, 6.45) is 9.23. The van der Waals surface area contributed by atoms with Crippen LogP contribution in [0.3, 0.4) is 0 Å². The van der Waals surface area contributed by atoms with Crippen molar-refractivity contribution in [3.63, 3.8) is 0 Å². The maximum atomic E-state index is 14.9. The van der Waals surface area contributed by atoms with Gasteiger partial charge in [0, 0.05) is 35.7 Å². The molecule has 3 atom stereocenters. The van der Waals surface area contributed by atoms with E-state index in [9.17, 15) is 23.9 Å². The highest BCUT2D eigenvalue weighted by molar-refractivity contribution is 6.34. The van der Waals surface area contributed by atoms with Crippen LogP contribution in [0, 0.1) is 0 Å². The molecule has 0 spiro atoms. The molecule has 11 heteroatoms. The average Bonchev–Trinajstić information content (AvgIpc) is 3.58. The van der Waals surface area contributed by atoms with E-state index >= 15 is 0 Å². The van der Waals surface area contributed by atoms with E-state index in [2.05, 4.69) is 17.1 Å². The fourth-order valence-electron chi connectivity index (χ4n) is 5.70. The Morgan fingerprint density at radius 3 is 2.83 bits per heavy atom. The van der Waals surface area contributed by atoms with E-state index in [1.165, 1.54) is 22.8 Å². The third-order valence-corrected chi connectivity index (χ3v) is 8.48. The zero-order valence-electron chi connectivity index (χ0n) is 22.5. The number of amides is 1. The summed E-state index contributed by atoms with van der Waals surface area (Å²) in [4.78, 5) is 36.9. The standard InChI is InChI=1S/C31H28Cl2FN3O5/c1-2-3-5-17(12-13-35-16-38)30-26(29(36-42-30)21-10-11-22(32)28(34)27(21)33)31(41)37-15-19-9-8-18(14-24(39)40)20-6-4-7-23(37)25(19)20/h2,4,6-7,10-11,14-17,27-28H,1,3,5,8-9,12-13H2,(H,35,38)(H,39,40)/b18-14+. The van der Waals surface area contributed by atoms with Crippen LogP contribution in [-0.4, -0.2) is 51.2 Å². The van der Waals surface area contributed by atoms with Gasteiger partial charge in [-0.25, -0.2) is 9.18 Å². The first kappa shape index (κ1) is 29.5. The first-order chi connectivity index (χ1) is 20.3. The molecular formula is C31H28Cl2FN3O5. The van der Waals surface area contributed by atoms with E-state index in [1.54, 1.807) is 24.4 Å². The predicted octanol–water partition coefficient (Wildman–Crippen LogP) is 6.38. The largest absolute Gasteiger partial charge is 0.478 e. The maximum absolute atomic E-state index is 14.9. The Morgan fingerprint density at radius 1 is 1.29 bits per heavy atom. The second-order valence-corrected chi connectivity index (χ2v) is 11.1. The van der Waals surface area contributed by atoms with Crippen molar-refractivity contribution in [3.05, 3.63) is 88.5 Å². The number of rotatable bonds is 11. The fourth-order valence-corrected chi connectivity index (χ4v) is 6.27. The molecule has 0 saturated carbocycles. The van der Waals surface area contributed by atoms with Crippen LogP contribution in [0.5, 0.6) is 0 Å². The Hall–Kier alpha value is -3.95. The van der Waals surface area contributed by atoms with Gasteiger partial charge >= 0.3 is 5.97 Å². The van der Waals surface area contributed by atoms with Gasteiger partial charge in [-0.15, -0.1) is 18.2 Å². The van der Waals surface area contributed by atoms with Gasteiger partial charge in [-0.2, -0.15) is 0 Å². The summed E-state index contributed by atoms with van der Waals surface area (Å²) in [5, 5.41) is 15.8. The Morgan fingerprint density at radius 2 is 2.10 bits per heavy atom. The van der Waals surface area contributed by atoms with Crippen LogP contribution >= 0.6 is 23.2 Å². The molecule has 218 valence electrons. The minimum atomic E-state index is -1.69. The minimum Gasteiger partial charge on any atom is -0.478 e. The molecule has 0 bridgehead atoms. The molecule has 0 saturated heterocycles. The summed E-state index contributed by atoms with van der Waals surface area (Å²) >= 11 is 12.5. The highest BCUT2D eigenvalue weighted by atomic mass is 35.5. The van der Waals surface area contributed by atoms with Crippen molar-refractivity contribution in [2.45, 2.75) is 49.6 Å². The van der Waals surface area contributed by atoms with Crippen molar-refractivity contribution >= 4 is 63.5 Å². The molecule has 5 rings (SSSR count). The molecule has 2 heterocycles. The van der Waals surface area contributed by atoms with Gasteiger partial charge in [0.05, 0.1) is 15.9 Å². The Labute approximate surface area is 251 Å². The quantitative estimate of drug-likeness (QED) is 0.0854. The number of allylic oxidation sites excluding steroid dienone is 6. The second kappa shape index (κ2) is 12.5. The van der Waals surface area contributed by atoms with Crippen LogP contribution in [0.15, 0.2) is 64.8 Å². The normalized spacial score (nSPS) is 19.7. The molecule has 1 amide bonds. The summed E-state index contributed by atoms with van der Waals surface area (Å²) in [6.45, 7) is 4.13. The van der Waals surface area contributed by atoms with Crippen molar-refractivity contribution in [1.29, 1.82) is 0 Å². The molecule has 3 unspecified atom stereocenters. The number of aromatic nitrogens is 2. The van der Waals surface area contributed by atoms with Gasteiger partial charge in [0.25, 0.3) is 5.91 Å². The topological polar surface area (TPSA) is 114 Å². The molecule has 0 radical (unpaired) electrons. The minimum absolute atomic E-state index is 0.0590. The third-order valence-electron chi connectivity index (χ3n) is 7.69. The molecule has 8 nitrogen and oxygen atoms in total. The molecule has 2 aromatic heterocycles. The van der Waals surface area contributed by atoms with Crippen molar-refractivity contribution in [1.82, 2.24) is 15.0 Å². The van der Waals surface area contributed by atoms with E-state index < -0.39 is 23.4 Å². The van der Waals surface area contributed by atoms with Crippen molar-refractivity contribution in [3.8, 4) is 0 Å². The Bertz CT molecular complexity index is 1670.